The average molecular weight is 260 g/mol. The largest absolute Gasteiger partial charge is 0.295 e. The zero-order chi connectivity index (χ0) is 9.97. The Morgan fingerprint density at radius 2 is 2.43 bits per heavy atom. The van der Waals surface area contributed by atoms with E-state index in [1.165, 1.54) is 17.6 Å². The molecule has 0 aliphatic carbocycles. The molecule has 1 aliphatic heterocycles. The van der Waals surface area contributed by atoms with Gasteiger partial charge in [-0.1, -0.05) is 15.9 Å². The minimum absolute atomic E-state index is 0.618. The summed E-state index contributed by atoms with van der Waals surface area (Å²) in [5, 5.41) is 12.0. The standard InChI is InChI=1S/C8H14BrN5/c1-13-11-8(10-12-13)6-14-4-2-3-7(9)5-14/h7H,2-6H2,1H3. The molecule has 0 N–H and O–H groups in total. The van der Waals surface area contributed by atoms with Gasteiger partial charge in [-0.2, -0.15) is 4.80 Å². The van der Waals surface area contributed by atoms with E-state index in [2.05, 4.69) is 36.2 Å². The summed E-state index contributed by atoms with van der Waals surface area (Å²) in [7, 11) is 1.79. The van der Waals surface area contributed by atoms with E-state index in [9.17, 15) is 0 Å². The number of halogens is 1. The van der Waals surface area contributed by atoms with Crippen molar-refractivity contribution in [3.8, 4) is 0 Å². The van der Waals surface area contributed by atoms with Crippen LogP contribution in [0.15, 0.2) is 0 Å². The van der Waals surface area contributed by atoms with Gasteiger partial charge in [-0.25, -0.2) is 0 Å². The molecular formula is C8H14BrN5. The predicted octanol–water partition coefficient (Wildman–Crippen LogP) is 0.569. The van der Waals surface area contributed by atoms with Crippen LogP contribution in [-0.2, 0) is 13.6 Å². The number of aromatic nitrogens is 4. The highest BCUT2D eigenvalue weighted by molar-refractivity contribution is 9.09. The number of piperidine rings is 1. The minimum atomic E-state index is 0.618. The lowest BCUT2D eigenvalue weighted by molar-refractivity contribution is 0.222. The third kappa shape index (κ3) is 2.51. The lowest BCUT2D eigenvalue weighted by atomic mass is 10.1. The molecule has 14 heavy (non-hydrogen) atoms. The molecule has 0 radical (unpaired) electrons. The first-order valence-corrected chi connectivity index (χ1v) is 5.75. The maximum atomic E-state index is 4.17. The van der Waals surface area contributed by atoms with Crippen molar-refractivity contribution >= 4 is 15.9 Å². The van der Waals surface area contributed by atoms with Gasteiger partial charge in [0.15, 0.2) is 5.82 Å². The fourth-order valence-electron chi connectivity index (χ4n) is 1.73. The van der Waals surface area contributed by atoms with Gasteiger partial charge in [0, 0.05) is 11.4 Å². The summed E-state index contributed by atoms with van der Waals surface area (Å²) in [5.41, 5.74) is 0. The second-order valence-corrected chi connectivity index (χ2v) is 4.96. The topological polar surface area (TPSA) is 46.8 Å². The number of likely N-dealkylation sites (tertiary alicyclic amines) is 1. The molecule has 5 nitrogen and oxygen atoms in total. The van der Waals surface area contributed by atoms with Crippen LogP contribution in [0.3, 0.4) is 0 Å². The fraction of sp³-hybridized carbons (Fsp3) is 0.875. The smallest absolute Gasteiger partial charge is 0.188 e. The number of rotatable bonds is 2. The number of hydrogen-bond donors (Lipinski definition) is 0. The van der Waals surface area contributed by atoms with Crippen LogP contribution >= 0.6 is 15.9 Å². The van der Waals surface area contributed by atoms with Gasteiger partial charge in [0.05, 0.1) is 13.6 Å². The van der Waals surface area contributed by atoms with Crippen molar-refractivity contribution in [1.29, 1.82) is 0 Å². The van der Waals surface area contributed by atoms with Crippen molar-refractivity contribution in [3.05, 3.63) is 5.82 Å². The first-order chi connectivity index (χ1) is 6.74. The summed E-state index contributed by atoms with van der Waals surface area (Å²) in [6, 6.07) is 0. The van der Waals surface area contributed by atoms with Crippen LogP contribution in [0.5, 0.6) is 0 Å². The quantitative estimate of drug-likeness (QED) is 0.729. The van der Waals surface area contributed by atoms with Gasteiger partial charge in [-0.05, 0) is 24.6 Å². The van der Waals surface area contributed by atoms with Crippen molar-refractivity contribution < 1.29 is 0 Å². The van der Waals surface area contributed by atoms with Crippen molar-refractivity contribution in [2.24, 2.45) is 7.05 Å². The molecule has 2 rings (SSSR count). The molecule has 0 amide bonds. The van der Waals surface area contributed by atoms with Crippen LogP contribution in [0.25, 0.3) is 0 Å². The number of tetrazole rings is 1. The molecule has 78 valence electrons. The number of hydrogen-bond acceptors (Lipinski definition) is 4. The molecule has 0 aromatic carbocycles. The Hall–Kier alpha value is -0.490. The first-order valence-electron chi connectivity index (χ1n) is 4.83. The van der Waals surface area contributed by atoms with Gasteiger partial charge in [-0.3, -0.25) is 4.90 Å². The Kier molecular flexibility index (Phi) is 3.12. The molecule has 1 saturated heterocycles. The summed E-state index contributed by atoms with van der Waals surface area (Å²) < 4.78 is 0. The first kappa shape index (κ1) is 10.0. The summed E-state index contributed by atoms with van der Waals surface area (Å²) >= 11 is 3.64. The van der Waals surface area contributed by atoms with E-state index in [-0.39, 0.29) is 0 Å². The number of nitrogens with zero attached hydrogens (tertiary/aromatic N) is 5. The summed E-state index contributed by atoms with van der Waals surface area (Å²) in [6.45, 7) is 3.04. The Morgan fingerprint density at radius 1 is 1.57 bits per heavy atom. The van der Waals surface area contributed by atoms with E-state index in [4.69, 9.17) is 0 Å². The van der Waals surface area contributed by atoms with Crippen LogP contribution in [-0.4, -0.2) is 43.0 Å². The van der Waals surface area contributed by atoms with Crippen LogP contribution in [0.1, 0.15) is 18.7 Å². The Balaban J connectivity index is 1.90. The zero-order valence-electron chi connectivity index (χ0n) is 8.23. The van der Waals surface area contributed by atoms with E-state index < -0.39 is 0 Å². The molecule has 1 atom stereocenters. The lowest BCUT2D eigenvalue weighted by Crippen LogP contribution is -2.35. The molecule has 1 aliphatic rings. The van der Waals surface area contributed by atoms with E-state index >= 15 is 0 Å². The van der Waals surface area contributed by atoms with Crippen LogP contribution < -0.4 is 0 Å². The molecule has 1 aromatic rings. The van der Waals surface area contributed by atoms with E-state index in [0.29, 0.717) is 4.83 Å². The predicted molar refractivity (Wildman–Crippen MR) is 56.0 cm³/mol. The highest BCUT2D eigenvalue weighted by Gasteiger charge is 2.18. The monoisotopic (exact) mass is 259 g/mol. The Labute approximate surface area is 91.6 Å². The van der Waals surface area contributed by atoms with Gasteiger partial charge < -0.3 is 0 Å². The van der Waals surface area contributed by atoms with Crippen molar-refractivity contribution in [1.82, 2.24) is 25.1 Å². The van der Waals surface area contributed by atoms with Crippen molar-refractivity contribution in [2.45, 2.75) is 24.2 Å². The van der Waals surface area contributed by atoms with E-state index in [1.54, 1.807) is 7.05 Å². The minimum Gasteiger partial charge on any atom is -0.295 e. The van der Waals surface area contributed by atoms with Crippen LogP contribution in [0.4, 0.5) is 0 Å². The molecule has 1 unspecified atom stereocenters. The summed E-state index contributed by atoms with van der Waals surface area (Å²) in [4.78, 5) is 4.48. The maximum Gasteiger partial charge on any atom is 0.188 e. The fourth-order valence-corrected chi connectivity index (χ4v) is 2.46. The summed E-state index contributed by atoms with van der Waals surface area (Å²) in [6.07, 6.45) is 2.51. The molecule has 1 aromatic heterocycles. The summed E-state index contributed by atoms with van der Waals surface area (Å²) in [5.74, 6) is 0.814. The van der Waals surface area contributed by atoms with Gasteiger partial charge in [-0.15, -0.1) is 10.2 Å². The highest BCUT2D eigenvalue weighted by Crippen LogP contribution is 2.17. The normalized spacial score (nSPS) is 24.0. The Morgan fingerprint density at radius 3 is 3.07 bits per heavy atom. The molecule has 0 bridgehead atoms. The number of aryl methyl sites for hydroxylation is 1. The second kappa shape index (κ2) is 4.35. The molecule has 2 heterocycles. The van der Waals surface area contributed by atoms with Crippen molar-refractivity contribution in [3.63, 3.8) is 0 Å². The van der Waals surface area contributed by atoms with Gasteiger partial charge in [0.1, 0.15) is 0 Å². The van der Waals surface area contributed by atoms with E-state index in [0.717, 1.165) is 25.5 Å². The molecule has 1 fully saturated rings. The lowest BCUT2D eigenvalue weighted by Gasteiger charge is -2.28. The molecule has 0 saturated carbocycles. The zero-order valence-corrected chi connectivity index (χ0v) is 9.81. The van der Waals surface area contributed by atoms with Crippen molar-refractivity contribution in [2.75, 3.05) is 13.1 Å². The molecule has 6 heteroatoms. The third-order valence-corrected chi connectivity index (χ3v) is 3.11. The highest BCUT2D eigenvalue weighted by atomic mass is 79.9. The number of alkyl halides is 1. The van der Waals surface area contributed by atoms with Gasteiger partial charge in [0.25, 0.3) is 0 Å². The second-order valence-electron chi connectivity index (χ2n) is 3.67. The van der Waals surface area contributed by atoms with Gasteiger partial charge >= 0.3 is 0 Å². The van der Waals surface area contributed by atoms with Crippen LogP contribution in [0.2, 0.25) is 0 Å². The maximum absolute atomic E-state index is 4.17. The average Bonchev–Trinajstić information content (AvgIpc) is 2.51. The molecular weight excluding hydrogens is 246 g/mol. The van der Waals surface area contributed by atoms with Gasteiger partial charge in [0.2, 0.25) is 0 Å². The third-order valence-electron chi connectivity index (χ3n) is 2.36. The van der Waals surface area contributed by atoms with E-state index in [1.807, 2.05) is 0 Å². The SMILES string of the molecule is Cn1nnc(CN2CCCC(Br)C2)n1. The Bertz CT molecular complexity index is 300. The van der Waals surface area contributed by atoms with Crippen LogP contribution in [0, 0.1) is 0 Å². The molecule has 0 spiro atoms.